The third-order valence-corrected chi connectivity index (χ3v) is 6.91. The second-order valence-electron chi connectivity index (χ2n) is 7.65. The summed E-state index contributed by atoms with van der Waals surface area (Å²) in [6, 6.07) is 20.3. The third-order valence-electron chi connectivity index (χ3n) is 5.08. The van der Waals surface area contributed by atoms with Gasteiger partial charge in [0.25, 0.3) is 11.8 Å². The number of hydrazine groups is 1. The molecular formula is C26H21BrN2O4S2. The number of aryl methyl sites for hydroxylation is 1. The Morgan fingerprint density at radius 3 is 2.60 bits per heavy atom. The molecule has 1 heterocycles. The fourth-order valence-electron chi connectivity index (χ4n) is 3.34. The van der Waals surface area contributed by atoms with Gasteiger partial charge in [0.2, 0.25) is 0 Å². The molecule has 0 radical (unpaired) electrons. The largest absolute Gasteiger partial charge is 0.493 e. The van der Waals surface area contributed by atoms with Crippen LogP contribution in [-0.2, 0) is 11.4 Å². The van der Waals surface area contributed by atoms with Crippen LogP contribution in [0, 0.1) is 6.92 Å². The van der Waals surface area contributed by atoms with E-state index in [1.54, 1.807) is 49.6 Å². The number of carbonyl (C=O) groups is 2. The van der Waals surface area contributed by atoms with Gasteiger partial charge in [0.05, 0.1) is 12.0 Å². The van der Waals surface area contributed by atoms with Gasteiger partial charge in [-0.15, -0.1) is 0 Å². The number of methoxy groups -OCH3 is 1. The molecule has 1 fully saturated rings. The highest BCUT2D eigenvalue weighted by Crippen LogP contribution is 2.34. The fourth-order valence-corrected chi connectivity index (χ4v) is 4.78. The van der Waals surface area contributed by atoms with Crippen LogP contribution < -0.4 is 14.9 Å². The highest BCUT2D eigenvalue weighted by Gasteiger charge is 2.33. The lowest BCUT2D eigenvalue weighted by Gasteiger charge is -2.15. The van der Waals surface area contributed by atoms with Crippen molar-refractivity contribution in [2.24, 2.45) is 0 Å². The zero-order chi connectivity index (χ0) is 24.9. The molecule has 0 unspecified atom stereocenters. The molecule has 3 aromatic rings. The van der Waals surface area contributed by atoms with Crippen LogP contribution in [0.15, 0.2) is 76.1 Å². The van der Waals surface area contributed by atoms with Crippen LogP contribution >= 0.6 is 39.9 Å². The van der Waals surface area contributed by atoms with Crippen LogP contribution in [0.3, 0.4) is 0 Å². The standard InChI is InChI=1S/C26H21BrN2O4S2/c1-16-4-3-5-18(12-16)15-33-21-11-6-17(13-22(21)32-2)14-23-25(31)29(26(34)35-23)28-24(30)19-7-9-20(27)10-8-19/h3-14H,15H2,1-2H3,(H,28,30)/b23-14+. The molecule has 2 amide bonds. The van der Waals surface area contributed by atoms with Crippen molar-refractivity contribution in [1.29, 1.82) is 0 Å². The Labute approximate surface area is 221 Å². The van der Waals surface area contributed by atoms with E-state index in [2.05, 4.69) is 27.4 Å². The minimum absolute atomic E-state index is 0.247. The van der Waals surface area contributed by atoms with Gasteiger partial charge in [-0.25, -0.2) is 0 Å². The lowest BCUT2D eigenvalue weighted by Crippen LogP contribution is -2.44. The monoisotopic (exact) mass is 568 g/mol. The van der Waals surface area contributed by atoms with Gasteiger partial charge >= 0.3 is 0 Å². The Bertz CT molecular complexity index is 1330. The maximum Gasteiger partial charge on any atom is 0.285 e. The lowest BCUT2D eigenvalue weighted by atomic mass is 10.1. The number of thioether (sulfide) groups is 1. The quantitative estimate of drug-likeness (QED) is 0.283. The number of nitrogens with one attached hydrogen (secondary N) is 1. The highest BCUT2D eigenvalue weighted by molar-refractivity contribution is 9.10. The molecule has 9 heteroatoms. The summed E-state index contributed by atoms with van der Waals surface area (Å²) in [6.07, 6.45) is 1.71. The molecule has 0 spiro atoms. The van der Waals surface area contributed by atoms with Crippen LogP contribution in [0.4, 0.5) is 0 Å². The molecule has 1 aliphatic rings. The summed E-state index contributed by atoms with van der Waals surface area (Å²) in [4.78, 5) is 25.8. The van der Waals surface area contributed by atoms with Crippen molar-refractivity contribution in [1.82, 2.24) is 10.4 Å². The molecular weight excluding hydrogens is 548 g/mol. The number of nitrogens with zero attached hydrogens (tertiary/aromatic N) is 1. The van der Waals surface area contributed by atoms with Gasteiger partial charge in [-0.1, -0.05) is 63.6 Å². The molecule has 1 N–H and O–H groups in total. The molecule has 1 aliphatic heterocycles. The number of amides is 2. The van der Waals surface area contributed by atoms with Crippen LogP contribution in [0.1, 0.15) is 27.0 Å². The lowest BCUT2D eigenvalue weighted by molar-refractivity contribution is -0.123. The number of rotatable bonds is 7. The van der Waals surface area contributed by atoms with Gasteiger partial charge in [-0.2, -0.15) is 5.01 Å². The predicted octanol–water partition coefficient (Wildman–Crippen LogP) is 5.89. The average Bonchev–Trinajstić information content (AvgIpc) is 3.10. The summed E-state index contributed by atoms with van der Waals surface area (Å²) < 4.78 is 12.5. The molecule has 0 aromatic heterocycles. The van der Waals surface area contributed by atoms with E-state index in [9.17, 15) is 9.59 Å². The summed E-state index contributed by atoms with van der Waals surface area (Å²) in [5, 5.41) is 1.09. The Morgan fingerprint density at radius 1 is 1.11 bits per heavy atom. The summed E-state index contributed by atoms with van der Waals surface area (Å²) in [7, 11) is 1.57. The number of carbonyl (C=O) groups excluding carboxylic acids is 2. The summed E-state index contributed by atoms with van der Waals surface area (Å²) in [5.74, 6) is 0.321. The molecule has 0 bridgehead atoms. The molecule has 4 rings (SSSR count). The Balaban J connectivity index is 1.46. The maximum atomic E-state index is 12.9. The van der Waals surface area contributed by atoms with Crippen molar-refractivity contribution in [3.8, 4) is 11.5 Å². The maximum absolute atomic E-state index is 12.9. The van der Waals surface area contributed by atoms with E-state index in [0.29, 0.717) is 28.6 Å². The van der Waals surface area contributed by atoms with E-state index in [0.717, 1.165) is 32.4 Å². The molecule has 0 aliphatic carbocycles. The van der Waals surface area contributed by atoms with Crippen molar-refractivity contribution < 1.29 is 19.1 Å². The van der Waals surface area contributed by atoms with Crippen molar-refractivity contribution in [3.63, 3.8) is 0 Å². The summed E-state index contributed by atoms with van der Waals surface area (Å²) in [6.45, 7) is 2.45. The summed E-state index contributed by atoms with van der Waals surface area (Å²) >= 11 is 9.77. The normalized spacial score (nSPS) is 14.4. The van der Waals surface area contributed by atoms with Crippen LogP contribution in [0.25, 0.3) is 6.08 Å². The molecule has 178 valence electrons. The van der Waals surface area contributed by atoms with Crippen molar-refractivity contribution in [2.75, 3.05) is 7.11 Å². The van der Waals surface area contributed by atoms with Gasteiger partial charge in [0.15, 0.2) is 15.8 Å². The number of hydrogen-bond donors (Lipinski definition) is 1. The third kappa shape index (κ3) is 6.11. The zero-order valence-corrected chi connectivity index (χ0v) is 22.1. The smallest absolute Gasteiger partial charge is 0.285 e. The second kappa shape index (κ2) is 11.1. The second-order valence-corrected chi connectivity index (χ2v) is 10.2. The topological polar surface area (TPSA) is 67.9 Å². The number of benzene rings is 3. The van der Waals surface area contributed by atoms with Crippen molar-refractivity contribution >= 4 is 62.1 Å². The molecule has 3 aromatic carbocycles. The van der Waals surface area contributed by atoms with Gasteiger partial charge in [-0.05, 0) is 72.7 Å². The van der Waals surface area contributed by atoms with Crippen LogP contribution in [0.5, 0.6) is 11.5 Å². The molecule has 6 nitrogen and oxygen atoms in total. The van der Waals surface area contributed by atoms with E-state index in [-0.39, 0.29) is 4.32 Å². The first-order valence-corrected chi connectivity index (χ1v) is 12.6. The first kappa shape index (κ1) is 25.0. The molecule has 35 heavy (non-hydrogen) atoms. The molecule has 0 atom stereocenters. The SMILES string of the molecule is COc1cc(/C=C2/SC(=S)N(NC(=O)c3ccc(Br)cc3)C2=O)ccc1OCc1cccc(C)c1. The first-order chi connectivity index (χ1) is 16.8. The number of halogens is 1. The number of hydrogen-bond acceptors (Lipinski definition) is 6. The summed E-state index contributed by atoms with van der Waals surface area (Å²) in [5.41, 5.74) is 5.96. The minimum atomic E-state index is -0.424. The van der Waals surface area contributed by atoms with E-state index in [4.69, 9.17) is 21.7 Å². The van der Waals surface area contributed by atoms with E-state index < -0.39 is 11.8 Å². The minimum Gasteiger partial charge on any atom is -0.493 e. The average molecular weight is 570 g/mol. The van der Waals surface area contributed by atoms with E-state index >= 15 is 0 Å². The number of thiocarbonyl (C=S) groups is 1. The Hall–Kier alpha value is -3.14. The van der Waals surface area contributed by atoms with E-state index in [1.165, 1.54) is 5.56 Å². The van der Waals surface area contributed by atoms with Crippen LogP contribution in [0.2, 0.25) is 0 Å². The van der Waals surface area contributed by atoms with Gasteiger partial charge in [0.1, 0.15) is 6.61 Å². The zero-order valence-electron chi connectivity index (χ0n) is 18.9. The molecule has 0 saturated carbocycles. The molecule has 1 saturated heterocycles. The highest BCUT2D eigenvalue weighted by atomic mass is 79.9. The predicted molar refractivity (Wildman–Crippen MR) is 145 cm³/mol. The van der Waals surface area contributed by atoms with Gasteiger partial charge in [0, 0.05) is 10.0 Å². The number of ether oxygens (including phenoxy) is 2. The van der Waals surface area contributed by atoms with Crippen molar-refractivity contribution in [3.05, 3.63) is 98.4 Å². The Morgan fingerprint density at radius 2 is 1.89 bits per heavy atom. The Kier molecular flexibility index (Phi) is 7.90. The van der Waals surface area contributed by atoms with Crippen LogP contribution in [-0.4, -0.2) is 28.3 Å². The van der Waals surface area contributed by atoms with Crippen molar-refractivity contribution in [2.45, 2.75) is 13.5 Å². The van der Waals surface area contributed by atoms with E-state index in [1.807, 2.05) is 31.2 Å². The van der Waals surface area contributed by atoms with Gasteiger partial charge in [-0.3, -0.25) is 15.0 Å². The first-order valence-electron chi connectivity index (χ1n) is 10.5. The van der Waals surface area contributed by atoms with Gasteiger partial charge < -0.3 is 9.47 Å². The fraction of sp³-hybridized carbons (Fsp3) is 0.115.